The Kier molecular flexibility index (Phi) is 22.3. The Labute approximate surface area is 264 Å². The standard InChI is InChI=1S/2C10H15.2C4H8O.K.Zr/c2*1-6-7(2)9(4)10(5)8(6)3;2*1-2-4-5-3-1;;/h2*1-5H3;2*1-4H2;;/q;;;;+1;. The van der Waals surface area contributed by atoms with Crippen LogP contribution in [0.1, 0.15) is 94.9 Å². The molecule has 0 N–H and O–H groups in total. The predicted octanol–water partition coefficient (Wildman–Crippen LogP) is 4.54. The molecule has 4 rings (SSSR count). The summed E-state index contributed by atoms with van der Waals surface area (Å²) in [6.45, 7) is 26.0. The Morgan fingerprint density at radius 2 is 0.469 bits per heavy atom. The van der Waals surface area contributed by atoms with Gasteiger partial charge in [-0.3, -0.25) is 0 Å². The van der Waals surface area contributed by atoms with E-state index in [4.69, 9.17) is 9.47 Å². The summed E-state index contributed by atoms with van der Waals surface area (Å²) in [5.41, 5.74) is 0. The van der Waals surface area contributed by atoms with Gasteiger partial charge in [-0.25, -0.2) is 0 Å². The predicted molar refractivity (Wildman–Crippen MR) is 129 cm³/mol. The molecule has 2 saturated carbocycles. The largest absolute Gasteiger partial charge is 1.00 e. The van der Waals surface area contributed by atoms with Crippen LogP contribution in [0.5, 0.6) is 0 Å². The van der Waals surface area contributed by atoms with Crippen molar-refractivity contribution < 1.29 is 87.1 Å². The van der Waals surface area contributed by atoms with Gasteiger partial charge < -0.3 is 9.47 Å². The van der Waals surface area contributed by atoms with Crippen LogP contribution >= 0.6 is 0 Å². The van der Waals surface area contributed by atoms with E-state index in [1.54, 1.807) is 0 Å². The topological polar surface area (TPSA) is 18.5 Å². The van der Waals surface area contributed by atoms with Gasteiger partial charge in [-0.05, 0) is 84.9 Å². The molecule has 0 aromatic heterocycles. The van der Waals surface area contributed by atoms with Crippen molar-refractivity contribution in [3.8, 4) is 0 Å². The molecule has 0 amide bonds. The van der Waals surface area contributed by atoms with Crippen molar-refractivity contribution in [1.29, 1.82) is 0 Å². The molecular formula is C28H46KO2Zr+. The molecule has 2 saturated heterocycles. The van der Waals surface area contributed by atoms with Gasteiger partial charge >= 0.3 is 51.4 Å². The summed E-state index contributed by atoms with van der Waals surface area (Å²) in [6.07, 6.45) is 5.11. The number of hydrogen-bond donors (Lipinski definition) is 0. The van der Waals surface area contributed by atoms with E-state index in [2.05, 4.69) is 69.2 Å². The molecule has 174 valence electrons. The van der Waals surface area contributed by atoms with Crippen molar-refractivity contribution in [1.82, 2.24) is 0 Å². The first-order chi connectivity index (χ1) is 14.1. The van der Waals surface area contributed by atoms with Crippen LogP contribution in [0.25, 0.3) is 0 Å². The van der Waals surface area contributed by atoms with Crippen molar-refractivity contribution in [2.45, 2.75) is 94.9 Å². The van der Waals surface area contributed by atoms with Gasteiger partial charge in [0, 0.05) is 52.6 Å². The summed E-state index contributed by atoms with van der Waals surface area (Å²) in [7, 11) is 0. The van der Waals surface area contributed by atoms with Gasteiger partial charge in [-0.1, -0.05) is 69.2 Å². The van der Waals surface area contributed by atoms with Crippen LogP contribution in [0.15, 0.2) is 0 Å². The van der Waals surface area contributed by atoms with E-state index in [0.29, 0.717) is 0 Å². The van der Waals surface area contributed by atoms with E-state index in [0.717, 1.165) is 26.4 Å². The first kappa shape index (κ1) is 36.6. The zero-order valence-electron chi connectivity index (χ0n) is 23.0. The summed E-state index contributed by atoms with van der Waals surface area (Å²) < 4.78 is 9.89. The SMILES string of the molecule is C1CCOC1.C1CCOC1.C[C]1[C](C)[C](C)[C](C)[C]1C.C[C]1[C](C)[C](C)[C](C)[C]1C.[K+].[Zr]. The summed E-state index contributed by atoms with van der Waals surface area (Å²) in [5.74, 6) is 14.7. The van der Waals surface area contributed by atoms with Gasteiger partial charge in [0.05, 0.1) is 0 Å². The Morgan fingerprint density at radius 3 is 0.531 bits per heavy atom. The fourth-order valence-electron chi connectivity index (χ4n) is 3.83. The molecule has 2 aliphatic carbocycles. The maximum absolute atomic E-state index is 4.94. The average Bonchev–Trinajstić information content (AvgIpc) is 3.56. The summed E-state index contributed by atoms with van der Waals surface area (Å²) in [5, 5.41) is 0. The van der Waals surface area contributed by atoms with Crippen LogP contribution in [-0.4, -0.2) is 26.4 Å². The van der Waals surface area contributed by atoms with Crippen LogP contribution in [0, 0.1) is 59.2 Å². The van der Waals surface area contributed by atoms with Crippen LogP contribution < -0.4 is 51.4 Å². The van der Waals surface area contributed by atoms with Crippen molar-refractivity contribution >= 4 is 0 Å². The number of rotatable bonds is 0. The first-order valence-corrected chi connectivity index (χ1v) is 11.7. The monoisotopic (exact) mass is 543 g/mol. The molecule has 4 fully saturated rings. The average molecular weight is 545 g/mol. The third-order valence-electron chi connectivity index (χ3n) is 7.28. The molecule has 2 heterocycles. The molecule has 2 nitrogen and oxygen atoms in total. The molecule has 4 aliphatic rings. The third-order valence-corrected chi connectivity index (χ3v) is 7.28. The second-order valence-electron chi connectivity index (χ2n) is 8.89. The van der Waals surface area contributed by atoms with Gasteiger partial charge in [0.25, 0.3) is 0 Å². The van der Waals surface area contributed by atoms with Crippen molar-refractivity contribution in [3.05, 3.63) is 59.2 Å². The third kappa shape index (κ3) is 11.7. The molecule has 32 heavy (non-hydrogen) atoms. The number of ether oxygens (including phenoxy) is 2. The van der Waals surface area contributed by atoms with Crippen molar-refractivity contribution in [2.75, 3.05) is 26.4 Å². The van der Waals surface area contributed by atoms with E-state index in [-0.39, 0.29) is 77.6 Å². The molecule has 0 aromatic rings. The molecule has 0 atom stereocenters. The Morgan fingerprint density at radius 1 is 0.344 bits per heavy atom. The van der Waals surface area contributed by atoms with Crippen molar-refractivity contribution in [3.63, 3.8) is 0 Å². The van der Waals surface area contributed by atoms with Gasteiger partial charge in [0.15, 0.2) is 0 Å². The van der Waals surface area contributed by atoms with Gasteiger partial charge in [-0.2, -0.15) is 0 Å². The zero-order chi connectivity index (χ0) is 22.8. The molecule has 0 spiro atoms. The molecular weight excluding hydrogens is 499 g/mol. The molecule has 2 aliphatic heterocycles. The van der Waals surface area contributed by atoms with Crippen LogP contribution in [0.3, 0.4) is 0 Å². The van der Waals surface area contributed by atoms with Crippen LogP contribution in [-0.2, 0) is 35.7 Å². The molecule has 4 heteroatoms. The maximum Gasteiger partial charge on any atom is 1.00 e. The van der Waals surface area contributed by atoms with Gasteiger partial charge in [0.1, 0.15) is 0 Å². The first-order valence-electron chi connectivity index (χ1n) is 11.7. The minimum Gasteiger partial charge on any atom is -0.381 e. The second kappa shape index (κ2) is 19.5. The van der Waals surface area contributed by atoms with E-state index in [9.17, 15) is 0 Å². The Balaban J connectivity index is 0. The van der Waals surface area contributed by atoms with Crippen LogP contribution in [0.4, 0.5) is 0 Å². The fraction of sp³-hybridized carbons (Fsp3) is 0.643. The summed E-state index contributed by atoms with van der Waals surface area (Å²) >= 11 is 0. The smallest absolute Gasteiger partial charge is 0.381 e. The molecule has 0 unspecified atom stereocenters. The normalized spacial score (nSPS) is 25.3. The second-order valence-corrected chi connectivity index (χ2v) is 8.89. The van der Waals surface area contributed by atoms with Crippen LogP contribution in [0.2, 0.25) is 0 Å². The van der Waals surface area contributed by atoms with E-state index < -0.39 is 0 Å². The molecule has 0 aromatic carbocycles. The Hall–Kier alpha value is 2.44. The maximum atomic E-state index is 4.94. The van der Waals surface area contributed by atoms with E-state index in [1.807, 2.05) is 0 Å². The van der Waals surface area contributed by atoms with E-state index >= 15 is 0 Å². The summed E-state index contributed by atoms with van der Waals surface area (Å²) in [4.78, 5) is 0. The number of hydrogen-bond acceptors (Lipinski definition) is 2. The zero-order valence-corrected chi connectivity index (χ0v) is 28.6. The quantitative estimate of drug-likeness (QED) is 0.417. The Bertz CT molecular complexity index is 296. The minimum atomic E-state index is 0. The van der Waals surface area contributed by atoms with Gasteiger partial charge in [-0.15, -0.1) is 0 Å². The molecule has 0 bridgehead atoms. The van der Waals surface area contributed by atoms with E-state index in [1.165, 1.54) is 84.9 Å². The van der Waals surface area contributed by atoms with Crippen molar-refractivity contribution in [2.24, 2.45) is 0 Å². The summed E-state index contributed by atoms with van der Waals surface area (Å²) in [6, 6.07) is 0. The van der Waals surface area contributed by atoms with Gasteiger partial charge in [0.2, 0.25) is 0 Å². The minimum absolute atomic E-state index is 0. The molecule has 10 radical (unpaired) electrons. The fourth-order valence-corrected chi connectivity index (χ4v) is 3.83.